The minimum Gasteiger partial charge on any atom is -0.361 e. The number of pyridine rings is 2. The lowest BCUT2D eigenvalue weighted by Crippen LogP contribution is -2.22. The van der Waals surface area contributed by atoms with E-state index in [9.17, 15) is 8.42 Å². The smallest absolute Gasteiger partial charge is 0.192 e. The van der Waals surface area contributed by atoms with E-state index in [1.165, 1.54) is 6.07 Å². The minimum atomic E-state index is -3.43. The number of halogens is 1. The quantitative estimate of drug-likeness (QED) is 0.275. The average Bonchev–Trinajstić information content (AvgIpc) is 3.12. The van der Waals surface area contributed by atoms with Gasteiger partial charge in [-0.2, -0.15) is 0 Å². The number of hydrogen-bond donors (Lipinski definition) is 1. The number of anilines is 2. The molecule has 8 nitrogen and oxygen atoms in total. The molecule has 0 aliphatic carbocycles. The predicted octanol–water partition coefficient (Wildman–Crippen LogP) is 4.45. The molecule has 0 aromatic carbocycles. The second-order valence-corrected chi connectivity index (χ2v) is 16.4. The molecule has 0 unspecified atom stereocenters. The van der Waals surface area contributed by atoms with Crippen LogP contribution in [0.3, 0.4) is 0 Å². The fraction of sp³-hybridized carbons (Fsp3) is 0.350. The van der Waals surface area contributed by atoms with Gasteiger partial charge < -0.3 is 14.6 Å². The molecule has 0 spiro atoms. The van der Waals surface area contributed by atoms with E-state index >= 15 is 0 Å². The molecule has 3 rings (SSSR count). The summed E-state index contributed by atoms with van der Waals surface area (Å²) in [6, 6.07) is 7.51. The maximum absolute atomic E-state index is 11.8. The van der Waals surface area contributed by atoms with Gasteiger partial charge in [-0.25, -0.2) is 23.4 Å². The highest BCUT2D eigenvalue weighted by Crippen LogP contribution is 2.31. The Balaban J connectivity index is 1.86. The number of nitrogens with zero attached hydrogens (tertiary/aromatic N) is 4. The van der Waals surface area contributed by atoms with Gasteiger partial charge in [0.05, 0.1) is 23.9 Å². The van der Waals surface area contributed by atoms with Crippen LogP contribution in [-0.4, -0.2) is 48.9 Å². The summed E-state index contributed by atoms with van der Waals surface area (Å²) in [5.74, 6) is 0.379. The molecular formula is C20H26ClN5O3SSi. The molecule has 31 heavy (non-hydrogen) atoms. The van der Waals surface area contributed by atoms with Crippen molar-refractivity contribution in [2.45, 2.75) is 37.4 Å². The number of rotatable bonds is 9. The summed E-state index contributed by atoms with van der Waals surface area (Å²) in [6.45, 7) is 7.98. The number of sulfone groups is 1. The lowest BCUT2D eigenvalue weighted by Gasteiger charge is -2.17. The van der Waals surface area contributed by atoms with Gasteiger partial charge in [-0.05, 0) is 24.2 Å². The largest absolute Gasteiger partial charge is 0.361 e. The molecule has 1 N–H and O–H groups in total. The maximum Gasteiger partial charge on any atom is 0.192 e. The van der Waals surface area contributed by atoms with Crippen molar-refractivity contribution < 1.29 is 13.2 Å². The van der Waals surface area contributed by atoms with E-state index < -0.39 is 17.9 Å². The van der Waals surface area contributed by atoms with Crippen molar-refractivity contribution >= 4 is 41.0 Å². The first-order valence-electron chi connectivity index (χ1n) is 9.71. The van der Waals surface area contributed by atoms with Gasteiger partial charge in [-0.1, -0.05) is 37.3 Å². The van der Waals surface area contributed by atoms with Crippen molar-refractivity contribution in [2.24, 2.45) is 0 Å². The van der Waals surface area contributed by atoms with E-state index in [-0.39, 0.29) is 5.03 Å². The SMILES string of the molecule is C[Si](C)(C)CCOCn1cncc1-c1cnc(Cl)cc1Nc1cccc(S(C)(=O)=O)n1. The fourth-order valence-electron chi connectivity index (χ4n) is 2.76. The van der Waals surface area contributed by atoms with Gasteiger partial charge in [0, 0.05) is 32.7 Å². The molecule has 0 bridgehead atoms. The van der Waals surface area contributed by atoms with Crippen LogP contribution in [0.2, 0.25) is 30.8 Å². The summed E-state index contributed by atoms with van der Waals surface area (Å²) in [5.41, 5.74) is 2.16. The zero-order valence-electron chi connectivity index (χ0n) is 18.0. The van der Waals surface area contributed by atoms with E-state index in [0.717, 1.165) is 23.6 Å². The standard InChI is InChI=1S/C20H26ClN5O3SSi/c1-30(27,28)20-7-5-6-19(25-20)24-16-10-18(21)23-11-15(16)17-12-22-13-26(17)14-29-8-9-31(2,3)4/h5-7,10-13H,8-9,14H2,1-4H3,(H,23,24,25). The van der Waals surface area contributed by atoms with Crippen molar-refractivity contribution in [1.29, 1.82) is 0 Å². The Bertz CT molecular complexity index is 1160. The van der Waals surface area contributed by atoms with Crippen molar-refractivity contribution in [3.63, 3.8) is 0 Å². The van der Waals surface area contributed by atoms with E-state index in [2.05, 4.69) is 39.9 Å². The summed E-state index contributed by atoms with van der Waals surface area (Å²) in [6.07, 6.45) is 6.18. The highest BCUT2D eigenvalue weighted by atomic mass is 35.5. The van der Waals surface area contributed by atoms with E-state index in [0.29, 0.717) is 30.0 Å². The molecule has 166 valence electrons. The average molecular weight is 480 g/mol. The summed E-state index contributed by atoms with van der Waals surface area (Å²) >= 11 is 6.12. The molecule has 0 saturated heterocycles. The molecule has 11 heteroatoms. The maximum atomic E-state index is 11.8. The Kier molecular flexibility index (Phi) is 7.15. The Morgan fingerprint density at radius 2 is 2.00 bits per heavy atom. The van der Waals surface area contributed by atoms with Gasteiger partial charge in [0.25, 0.3) is 0 Å². The van der Waals surface area contributed by atoms with E-state index in [1.807, 2.05) is 4.57 Å². The molecule has 3 aromatic heterocycles. The molecule has 0 atom stereocenters. The first kappa shape index (κ1) is 23.4. The van der Waals surface area contributed by atoms with E-state index in [1.54, 1.807) is 36.9 Å². The zero-order chi connectivity index (χ0) is 22.6. The van der Waals surface area contributed by atoms with Crippen molar-refractivity contribution in [3.05, 3.63) is 48.1 Å². The molecule has 0 aliphatic rings. The highest BCUT2D eigenvalue weighted by Gasteiger charge is 2.15. The van der Waals surface area contributed by atoms with Crippen LogP contribution in [-0.2, 0) is 21.3 Å². The van der Waals surface area contributed by atoms with Crippen LogP contribution < -0.4 is 5.32 Å². The normalized spacial score (nSPS) is 12.2. The van der Waals surface area contributed by atoms with Gasteiger partial charge in [0.15, 0.2) is 14.9 Å². The second kappa shape index (κ2) is 9.47. The Hall–Kier alpha value is -2.27. The summed E-state index contributed by atoms with van der Waals surface area (Å²) in [5, 5.41) is 3.43. The fourth-order valence-corrected chi connectivity index (χ4v) is 4.26. The Labute approximate surface area is 188 Å². The number of hydrogen-bond acceptors (Lipinski definition) is 7. The number of ether oxygens (including phenoxy) is 1. The molecule has 3 aromatic rings. The van der Waals surface area contributed by atoms with Crippen LogP contribution in [0.5, 0.6) is 0 Å². The monoisotopic (exact) mass is 479 g/mol. The third-order valence-electron chi connectivity index (χ3n) is 4.45. The van der Waals surface area contributed by atoms with Crippen LogP contribution in [0.1, 0.15) is 0 Å². The predicted molar refractivity (Wildman–Crippen MR) is 125 cm³/mol. The van der Waals surface area contributed by atoms with Crippen molar-refractivity contribution in [1.82, 2.24) is 19.5 Å². The molecule has 0 fully saturated rings. The summed E-state index contributed by atoms with van der Waals surface area (Å²) in [7, 11) is -4.59. The first-order chi connectivity index (χ1) is 14.5. The van der Waals surface area contributed by atoms with Crippen LogP contribution >= 0.6 is 11.6 Å². The molecular weight excluding hydrogens is 454 g/mol. The minimum absolute atomic E-state index is 0.0138. The Morgan fingerprint density at radius 3 is 2.71 bits per heavy atom. The van der Waals surface area contributed by atoms with Gasteiger partial charge in [0.1, 0.15) is 17.7 Å². The molecule has 0 saturated carbocycles. The summed E-state index contributed by atoms with van der Waals surface area (Å²) in [4.78, 5) is 12.6. The van der Waals surface area contributed by atoms with E-state index in [4.69, 9.17) is 16.3 Å². The van der Waals surface area contributed by atoms with Gasteiger partial charge >= 0.3 is 0 Å². The Morgan fingerprint density at radius 1 is 1.23 bits per heavy atom. The molecule has 0 amide bonds. The van der Waals surface area contributed by atoms with Crippen LogP contribution in [0, 0.1) is 0 Å². The van der Waals surface area contributed by atoms with Gasteiger partial charge in [-0.3, -0.25) is 0 Å². The van der Waals surface area contributed by atoms with Crippen molar-refractivity contribution in [2.75, 3.05) is 18.2 Å². The van der Waals surface area contributed by atoms with Gasteiger partial charge in [0.2, 0.25) is 0 Å². The summed E-state index contributed by atoms with van der Waals surface area (Å²) < 4.78 is 31.4. The topological polar surface area (TPSA) is 99.0 Å². The van der Waals surface area contributed by atoms with Crippen LogP contribution in [0.15, 0.2) is 48.0 Å². The first-order valence-corrected chi connectivity index (χ1v) is 15.7. The molecule has 0 aliphatic heterocycles. The highest BCUT2D eigenvalue weighted by molar-refractivity contribution is 7.90. The second-order valence-electron chi connectivity index (χ2n) is 8.41. The van der Waals surface area contributed by atoms with Crippen LogP contribution in [0.4, 0.5) is 11.5 Å². The third-order valence-corrected chi connectivity index (χ3v) is 7.35. The molecule has 0 radical (unpaired) electrons. The lowest BCUT2D eigenvalue weighted by molar-refractivity contribution is 0.0882. The number of nitrogens with one attached hydrogen (secondary N) is 1. The third kappa shape index (κ3) is 6.60. The van der Waals surface area contributed by atoms with Gasteiger partial charge in [-0.15, -0.1) is 0 Å². The lowest BCUT2D eigenvalue weighted by atomic mass is 10.2. The van der Waals surface area contributed by atoms with Crippen LogP contribution in [0.25, 0.3) is 11.3 Å². The number of aromatic nitrogens is 4. The van der Waals surface area contributed by atoms with Crippen molar-refractivity contribution in [3.8, 4) is 11.3 Å². The molecule has 3 heterocycles. The number of imidazole rings is 1. The zero-order valence-corrected chi connectivity index (χ0v) is 20.5.